The third-order valence-corrected chi connectivity index (χ3v) is 7.38. The van der Waals surface area contributed by atoms with Crippen LogP contribution in [0.5, 0.6) is 5.75 Å². The number of rotatable bonds is 6. The molecule has 0 bridgehead atoms. The monoisotopic (exact) mass is 601 g/mol. The summed E-state index contributed by atoms with van der Waals surface area (Å²) in [4.78, 5) is 27.8. The van der Waals surface area contributed by atoms with Gasteiger partial charge in [-0.25, -0.2) is 0 Å². The van der Waals surface area contributed by atoms with E-state index >= 15 is 0 Å². The normalized spacial score (nSPS) is 20.8. The van der Waals surface area contributed by atoms with Crippen molar-refractivity contribution in [3.05, 3.63) is 65.0 Å². The third kappa shape index (κ3) is 7.27. The second-order valence-corrected chi connectivity index (χ2v) is 12.0. The highest BCUT2D eigenvalue weighted by molar-refractivity contribution is 6.05. The molecule has 1 saturated heterocycles. The van der Waals surface area contributed by atoms with Crippen molar-refractivity contribution in [2.45, 2.75) is 64.5 Å². The Morgan fingerprint density at radius 1 is 1.07 bits per heavy atom. The molecule has 5 rings (SSSR count). The lowest BCUT2D eigenvalue weighted by molar-refractivity contribution is -0.137. The van der Waals surface area contributed by atoms with Crippen molar-refractivity contribution in [2.75, 3.05) is 30.8 Å². The van der Waals surface area contributed by atoms with Gasteiger partial charge >= 0.3 is 12.2 Å². The van der Waals surface area contributed by atoms with E-state index in [1.165, 1.54) is 6.07 Å². The second-order valence-electron chi connectivity index (χ2n) is 12.0. The molecule has 2 aromatic carbocycles. The van der Waals surface area contributed by atoms with Crippen LogP contribution in [0, 0.1) is 5.41 Å². The average molecular weight is 602 g/mol. The van der Waals surface area contributed by atoms with E-state index in [-0.39, 0.29) is 47.3 Å². The van der Waals surface area contributed by atoms with Crippen LogP contribution in [0.1, 0.15) is 65.8 Å². The van der Waals surface area contributed by atoms with Gasteiger partial charge in [0.15, 0.2) is 0 Å². The molecule has 3 aromatic rings. The molecule has 0 spiro atoms. The Hall–Kier alpha value is -4.13. The fourth-order valence-electron chi connectivity index (χ4n) is 5.06. The topological polar surface area (TPSA) is 119 Å². The number of amides is 2. The van der Waals surface area contributed by atoms with E-state index in [4.69, 9.17) is 13.9 Å². The minimum absolute atomic E-state index is 0.0501. The number of halogens is 3. The number of aromatic nitrogens is 2. The molecule has 230 valence electrons. The maximum atomic E-state index is 13.5. The van der Waals surface area contributed by atoms with Gasteiger partial charge in [-0.3, -0.25) is 9.59 Å². The molecule has 0 aliphatic carbocycles. The Labute approximate surface area is 246 Å². The summed E-state index contributed by atoms with van der Waals surface area (Å²) in [5, 5.41) is 14.0. The van der Waals surface area contributed by atoms with Crippen LogP contribution in [0.2, 0.25) is 0 Å². The Morgan fingerprint density at radius 3 is 2.51 bits per heavy atom. The van der Waals surface area contributed by atoms with Gasteiger partial charge in [-0.15, -0.1) is 5.10 Å². The van der Waals surface area contributed by atoms with Crippen molar-refractivity contribution in [1.29, 1.82) is 0 Å². The predicted molar refractivity (Wildman–Crippen MR) is 151 cm³/mol. The van der Waals surface area contributed by atoms with Gasteiger partial charge in [-0.1, -0.05) is 25.9 Å². The summed E-state index contributed by atoms with van der Waals surface area (Å²) < 4.78 is 56.7. The Bertz CT molecular complexity index is 1470. The summed E-state index contributed by atoms with van der Waals surface area (Å²) in [7, 11) is 1.71. The van der Waals surface area contributed by atoms with E-state index in [2.05, 4.69) is 41.6 Å². The molecule has 2 aliphatic rings. The molecule has 1 fully saturated rings. The standard InChI is InChI=1S/C30H34F3N5O5/c1-29(2,3)16-34-28-37-36-25(43-28)14-20-10-11-22-24(42-20)15-41-23-12-9-19(13-21(23)27(40)38(22)4)35-26(39)17-5-7-18(8-6-17)30(31,32)33/h5-9,12-13,20,22,24H,10-11,14-16H2,1-4H3,(H,34,37)(H,35,39)/t20-,22-,24-/m0/s1. The molecule has 0 radical (unpaired) electrons. The zero-order valence-electron chi connectivity index (χ0n) is 24.3. The molecule has 3 heterocycles. The SMILES string of the molecule is CN1C(=O)c2cc(NC(=O)c3ccc(C(F)(F)F)cc3)ccc2OC[C@@H]2O[C@H](Cc3nnc(NCC(C)(C)C)o3)CC[C@@H]21. The molecule has 0 saturated carbocycles. The number of alkyl halides is 3. The first kappa shape index (κ1) is 30.3. The van der Waals surface area contributed by atoms with E-state index in [1.807, 2.05) is 0 Å². The molecule has 13 heteroatoms. The number of ether oxygens (including phenoxy) is 2. The fourth-order valence-corrected chi connectivity index (χ4v) is 5.06. The average Bonchev–Trinajstić information content (AvgIpc) is 3.40. The number of anilines is 2. The van der Waals surface area contributed by atoms with E-state index in [0.717, 1.165) is 24.3 Å². The third-order valence-electron chi connectivity index (χ3n) is 7.38. The van der Waals surface area contributed by atoms with Crippen LogP contribution in [-0.2, 0) is 17.3 Å². The van der Waals surface area contributed by atoms with Crippen LogP contribution >= 0.6 is 0 Å². The summed E-state index contributed by atoms with van der Waals surface area (Å²) in [5.41, 5.74) is -0.174. The van der Waals surface area contributed by atoms with Crippen LogP contribution in [0.25, 0.3) is 0 Å². The summed E-state index contributed by atoms with van der Waals surface area (Å²) in [5.74, 6) is -0.109. The molecule has 1 aromatic heterocycles. The zero-order chi connectivity index (χ0) is 30.9. The number of benzene rings is 2. The van der Waals surface area contributed by atoms with Gasteiger partial charge in [0.2, 0.25) is 5.89 Å². The van der Waals surface area contributed by atoms with Gasteiger partial charge in [0.25, 0.3) is 11.8 Å². The lowest BCUT2D eigenvalue weighted by Crippen LogP contribution is -2.53. The molecule has 43 heavy (non-hydrogen) atoms. The number of likely N-dealkylation sites (N-methyl/N-ethyl adjacent to an activating group) is 1. The van der Waals surface area contributed by atoms with Crippen LogP contribution < -0.4 is 15.4 Å². The molecule has 2 amide bonds. The van der Waals surface area contributed by atoms with Crippen molar-refractivity contribution >= 4 is 23.5 Å². The molecule has 3 atom stereocenters. The predicted octanol–water partition coefficient (Wildman–Crippen LogP) is 5.42. The highest BCUT2D eigenvalue weighted by Crippen LogP contribution is 2.33. The summed E-state index contributed by atoms with van der Waals surface area (Å²) in [6.07, 6.45) is -3.30. The first-order valence-corrected chi connectivity index (χ1v) is 14.0. The summed E-state index contributed by atoms with van der Waals surface area (Å²) in [6.45, 7) is 7.19. The smallest absolute Gasteiger partial charge is 0.416 e. The lowest BCUT2D eigenvalue weighted by Gasteiger charge is -2.42. The van der Waals surface area contributed by atoms with E-state index in [0.29, 0.717) is 49.1 Å². The largest absolute Gasteiger partial charge is 0.490 e. The Kier molecular flexibility index (Phi) is 8.37. The van der Waals surface area contributed by atoms with Gasteiger partial charge in [-0.2, -0.15) is 13.2 Å². The minimum Gasteiger partial charge on any atom is -0.490 e. The maximum Gasteiger partial charge on any atom is 0.416 e. The first-order chi connectivity index (χ1) is 20.3. The molecular weight excluding hydrogens is 567 g/mol. The zero-order valence-corrected chi connectivity index (χ0v) is 24.3. The summed E-state index contributed by atoms with van der Waals surface area (Å²) >= 11 is 0. The van der Waals surface area contributed by atoms with Crippen molar-refractivity contribution in [1.82, 2.24) is 15.1 Å². The van der Waals surface area contributed by atoms with Gasteiger partial charge in [-0.05, 0) is 60.7 Å². The van der Waals surface area contributed by atoms with E-state index in [1.54, 1.807) is 24.1 Å². The quantitative estimate of drug-likeness (QED) is 0.385. The molecule has 10 nitrogen and oxygen atoms in total. The number of carbonyl (C=O) groups excluding carboxylic acids is 2. The number of fused-ring (bicyclic) bond motifs is 2. The van der Waals surface area contributed by atoms with Crippen molar-refractivity contribution < 1.29 is 36.7 Å². The highest BCUT2D eigenvalue weighted by atomic mass is 19.4. The number of nitrogens with one attached hydrogen (secondary N) is 2. The molecule has 2 N–H and O–H groups in total. The summed E-state index contributed by atoms with van der Waals surface area (Å²) in [6, 6.07) is 8.67. The maximum absolute atomic E-state index is 13.5. The second kappa shape index (κ2) is 11.9. The number of hydrogen-bond acceptors (Lipinski definition) is 8. The van der Waals surface area contributed by atoms with Crippen molar-refractivity contribution in [2.24, 2.45) is 5.41 Å². The number of carbonyl (C=O) groups is 2. The van der Waals surface area contributed by atoms with Gasteiger partial charge < -0.3 is 29.4 Å². The first-order valence-electron chi connectivity index (χ1n) is 14.0. The molecule has 0 unspecified atom stereocenters. The Morgan fingerprint density at radius 2 is 1.81 bits per heavy atom. The van der Waals surface area contributed by atoms with Crippen LogP contribution in [-0.4, -0.2) is 65.4 Å². The van der Waals surface area contributed by atoms with Gasteiger partial charge in [0.1, 0.15) is 18.5 Å². The molecule has 2 aliphatic heterocycles. The van der Waals surface area contributed by atoms with Crippen molar-refractivity contribution in [3.8, 4) is 5.75 Å². The Balaban J connectivity index is 1.23. The van der Waals surface area contributed by atoms with Crippen LogP contribution in [0.4, 0.5) is 24.9 Å². The number of hydrogen-bond donors (Lipinski definition) is 2. The van der Waals surface area contributed by atoms with Crippen LogP contribution in [0.15, 0.2) is 46.9 Å². The van der Waals surface area contributed by atoms with E-state index < -0.39 is 17.6 Å². The van der Waals surface area contributed by atoms with Gasteiger partial charge in [0.05, 0.1) is 29.7 Å². The minimum atomic E-state index is -4.50. The van der Waals surface area contributed by atoms with E-state index in [9.17, 15) is 22.8 Å². The molecular formula is C30H34F3N5O5. The van der Waals surface area contributed by atoms with Gasteiger partial charge in [0, 0.05) is 24.8 Å². The number of nitrogens with zero attached hydrogens (tertiary/aromatic N) is 3. The highest BCUT2D eigenvalue weighted by Gasteiger charge is 2.39. The van der Waals surface area contributed by atoms with Crippen LogP contribution in [0.3, 0.4) is 0 Å². The lowest BCUT2D eigenvalue weighted by atomic mass is 9.94. The van der Waals surface area contributed by atoms with Crippen molar-refractivity contribution in [3.63, 3.8) is 0 Å². The fraction of sp³-hybridized carbons (Fsp3) is 0.467.